The normalized spacial score (nSPS) is 16.3. The molecular formula is C24H27N9O3. The van der Waals surface area contributed by atoms with Gasteiger partial charge in [-0.2, -0.15) is 0 Å². The van der Waals surface area contributed by atoms with E-state index in [-0.39, 0.29) is 6.04 Å². The number of H-pyrrole nitrogens is 1. The van der Waals surface area contributed by atoms with Gasteiger partial charge in [0.15, 0.2) is 5.65 Å². The van der Waals surface area contributed by atoms with E-state index in [9.17, 15) is 9.90 Å². The number of nitrogens with one attached hydrogen (secondary N) is 2. The summed E-state index contributed by atoms with van der Waals surface area (Å²) in [4.78, 5) is 40.8. The first kappa shape index (κ1) is 23.4. The zero-order valence-electron chi connectivity index (χ0n) is 20.3. The Labute approximate surface area is 207 Å². The third-order valence-electron chi connectivity index (χ3n) is 6.16. The smallest absolute Gasteiger partial charge is 0.407 e. The van der Waals surface area contributed by atoms with Crippen molar-refractivity contribution in [2.45, 2.75) is 26.4 Å². The molecule has 0 bridgehead atoms. The van der Waals surface area contributed by atoms with Crippen LogP contribution in [0.4, 0.5) is 16.3 Å². The number of hydrogen-bond acceptors (Lipinski definition) is 9. The van der Waals surface area contributed by atoms with E-state index in [1.807, 2.05) is 26.1 Å². The maximum atomic E-state index is 11.4. The Morgan fingerprint density at radius 1 is 1.22 bits per heavy atom. The predicted octanol–water partition coefficient (Wildman–Crippen LogP) is 3.05. The number of rotatable bonds is 6. The minimum Gasteiger partial charge on any atom is -0.481 e. The van der Waals surface area contributed by atoms with Crippen LogP contribution in [0.5, 0.6) is 5.88 Å². The lowest BCUT2D eigenvalue weighted by molar-refractivity contribution is 0.0711. The Morgan fingerprint density at radius 2 is 2.08 bits per heavy atom. The number of imidazole rings is 1. The molecule has 0 spiro atoms. The largest absolute Gasteiger partial charge is 0.481 e. The molecule has 1 unspecified atom stereocenters. The SMILES string of the molecule is COc1ccc(Nc2ncc(CN3CCN(C(=O)O)C(C)C3)cc2-c2nc(C)nc3[nH]cnc23)cn1. The molecule has 5 rings (SSSR count). The number of hydrogen-bond donors (Lipinski definition) is 3. The van der Waals surface area contributed by atoms with E-state index in [1.165, 1.54) is 4.90 Å². The molecule has 12 nitrogen and oxygen atoms in total. The summed E-state index contributed by atoms with van der Waals surface area (Å²) in [6.45, 7) is 6.17. The Kier molecular flexibility index (Phi) is 6.34. The molecule has 0 saturated carbocycles. The van der Waals surface area contributed by atoms with Crippen LogP contribution in [0.1, 0.15) is 18.3 Å². The second-order valence-electron chi connectivity index (χ2n) is 8.73. The number of fused-ring (bicyclic) bond motifs is 1. The highest BCUT2D eigenvalue weighted by atomic mass is 16.5. The fourth-order valence-electron chi connectivity index (χ4n) is 4.44. The quantitative estimate of drug-likeness (QED) is 0.369. The summed E-state index contributed by atoms with van der Waals surface area (Å²) in [6, 6.07) is 5.61. The number of amides is 1. The molecule has 4 aromatic rings. The first-order valence-corrected chi connectivity index (χ1v) is 11.6. The first-order valence-electron chi connectivity index (χ1n) is 11.6. The number of aryl methyl sites for hydroxylation is 1. The first-order chi connectivity index (χ1) is 17.4. The van der Waals surface area contributed by atoms with E-state index in [1.54, 1.807) is 25.7 Å². The van der Waals surface area contributed by atoms with Crippen molar-refractivity contribution in [3.05, 3.63) is 48.3 Å². The number of anilines is 2. The van der Waals surface area contributed by atoms with Crippen molar-refractivity contribution in [1.29, 1.82) is 0 Å². The summed E-state index contributed by atoms with van der Waals surface area (Å²) >= 11 is 0. The van der Waals surface area contributed by atoms with Crippen molar-refractivity contribution in [2.75, 3.05) is 32.1 Å². The fraction of sp³-hybridized carbons (Fsp3) is 0.333. The Hall–Kier alpha value is -4.32. The summed E-state index contributed by atoms with van der Waals surface area (Å²) in [5.41, 5.74) is 4.49. The van der Waals surface area contributed by atoms with E-state index < -0.39 is 6.09 Å². The number of carbonyl (C=O) groups is 1. The van der Waals surface area contributed by atoms with Gasteiger partial charge in [-0.25, -0.2) is 29.7 Å². The minimum atomic E-state index is -0.878. The summed E-state index contributed by atoms with van der Waals surface area (Å²) in [5.74, 6) is 1.74. The van der Waals surface area contributed by atoms with Gasteiger partial charge in [-0.3, -0.25) is 4.90 Å². The Balaban J connectivity index is 1.50. The monoisotopic (exact) mass is 489 g/mol. The van der Waals surface area contributed by atoms with Crippen LogP contribution in [0.25, 0.3) is 22.4 Å². The van der Waals surface area contributed by atoms with Crippen LogP contribution in [-0.2, 0) is 6.54 Å². The molecule has 0 aromatic carbocycles. The average Bonchev–Trinajstić information content (AvgIpc) is 3.33. The average molecular weight is 490 g/mol. The number of carboxylic acid groups (broad SMARTS) is 1. The molecule has 0 aliphatic carbocycles. The summed E-state index contributed by atoms with van der Waals surface area (Å²) in [5, 5.41) is 12.7. The second kappa shape index (κ2) is 9.74. The van der Waals surface area contributed by atoms with E-state index in [2.05, 4.69) is 36.2 Å². The molecule has 1 aliphatic rings. The highest BCUT2D eigenvalue weighted by Crippen LogP contribution is 2.32. The van der Waals surface area contributed by atoms with Crippen LogP contribution in [0, 0.1) is 6.92 Å². The number of aromatic nitrogens is 6. The lowest BCUT2D eigenvalue weighted by Crippen LogP contribution is -2.53. The predicted molar refractivity (Wildman–Crippen MR) is 133 cm³/mol. The van der Waals surface area contributed by atoms with Crippen molar-refractivity contribution >= 4 is 28.8 Å². The molecule has 0 radical (unpaired) electrons. The fourth-order valence-corrected chi connectivity index (χ4v) is 4.44. The minimum absolute atomic E-state index is 0.0830. The second-order valence-corrected chi connectivity index (χ2v) is 8.73. The van der Waals surface area contributed by atoms with Crippen LogP contribution in [0.2, 0.25) is 0 Å². The summed E-state index contributed by atoms with van der Waals surface area (Å²) in [6.07, 6.45) is 4.23. The molecule has 1 amide bonds. The van der Waals surface area contributed by atoms with Crippen LogP contribution in [0.3, 0.4) is 0 Å². The molecular weight excluding hydrogens is 462 g/mol. The van der Waals surface area contributed by atoms with Crippen molar-refractivity contribution in [1.82, 2.24) is 39.7 Å². The van der Waals surface area contributed by atoms with E-state index >= 15 is 0 Å². The van der Waals surface area contributed by atoms with Gasteiger partial charge in [-0.15, -0.1) is 0 Å². The van der Waals surface area contributed by atoms with Gasteiger partial charge >= 0.3 is 6.09 Å². The molecule has 1 aliphatic heterocycles. The number of aromatic amines is 1. The van der Waals surface area contributed by atoms with Gasteiger partial charge in [0, 0.05) is 50.0 Å². The topological polar surface area (TPSA) is 145 Å². The van der Waals surface area contributed by atoms with E-state index in [0.717, 1.165) is 16.8 Å². The lowest BCUT2D eigenvalue weighted by Gasteiger charge is -2.38. The van der Waals surface area contributed by atoms with Gasteiger partial charge in [0.25, 0.3) is 0 Å². The van der Waals surface area contributed by atoms with Gasteiger partial charge < -0.3 is 25.0 Å². The standard InChI is InChI=1S/C24H27N9O3/c1-14-11-32(6-7-33(14)24(34)35)12-16-8-18(20-21-23(28-13-27-21)30-15(2)29-20)22(26-9-16)31-17-4-5-19(36-3)25-10-17/h4-5,8-10,13-14H,6-7,11-12H2,1-3H3,(H,26,31)(H,34,35)(H,27,28,29,30). The Morgan fingerprint density at radius 3 is 2.81 bits per heavy atom. The number of ether oxygens (including phenoxy) is 1. The van der Waals surface area contributed by atoms with Crippen LogP contribution in [0.15, 0.2) is 36.9 Å². The van der Waals surface area contributed by atoms with Crippen molar-refractivity contribution in [3.8, 4) is 17.1 Å². The van der Waals surface area contributed by atoms with Crippen LogP contribution >= 0.6 is 0 Å². The lowest BCUT2D eigenvalue weighted by atomic mass is 10.1. The molecule has 36 heavy (non-hydrogen) atoms. The maximum absolute atomic E-state index is 11.4. The number of methoxy groups -OCH3 is 1. The van der Waals surface area contributed by atoms with Gasteiger partial charge in [-0.1, -0.05) is 0 Å². The Bertz CT molecular complexity index is 1390. The van der Waals surface area contributed by atoms with Gasteiger partial charge in [-0.05, 0) is 31.5 Å². The number of nitrogens with zero attached hydrogens (tertiary/aromatic N) is 7. The van der Waals surface area contributed by atoms with Crippen molar-refractivity contribution < 1.29 is 14.6 Å². The van der Waals surface area contributed by atoms with Gasteiger partial charge in [0.2, 0.25) is 5.88 Å². The molecule has 5 heterocycles. The summed E-state index contributed by atoms with van der Waals surface area (Å²) < 4.78 is 5.16. The molecule has 4 aromatic heterocycles. The molecule has 1 saturated heterocycles. The van der Waals surface area contributed by atoms with Crippen molar-refractivity contribution in [2.24, 2.45) is 0 Å². The molecule has 3 N–H and O–H groups in total. The van der Waals surface area contributed by atoms with E-state index in [4.69, 9.17) is 14.7 Å². The van der Waals surface area contributed by atoms with Gasteiger partial charge in [0.1, 0.15) is 22.9 Å². The molecule has 1 fully saturated rings. The number of piperazine rings is 1. The number of pyridine rings is 2. The molecule has 1 atom stereocenters. The third-order valence-corrected chi connectivity index (χ3v) is 6.16. The van der Waals surface area contributed by atoms with Crippen LogP contribution < -0.4 is 10.1 Å². The summed E-state index contributed by atoms with van der Waals surface area (Å²) in [7, 11) is 1.57. The maximum Gasteiger partial charge on any atom is 0.407 e. The third kappa shape index (κ3) is 4.75. The highest BCUT2D eigenvalue weighted by Gasteiger charge is 2.27. The zero-order valence-corrected chi connectivity index (χ0v) is 20.3. The van der Waals surface area contributed by atoms with Crippen LogP contribution in [-0.4, -0.2) is 83.7 Å². The van der Waals surface area contributed by atoms with Crippen molar-refractivity contribution in [3.63, 3.8) is 0 Å². The molecule has 186 valence electrons. The highest BCUT2D eigenvalue weighted by molar-refractivity contribution is 5.91. The molecule has 12 heteroatoms. The van der Waals surface area contributed by atoms with Gasteiger partial charge in [0.05, 0.1) is 25.3 Å². The van der Waals surface area contributed by atoms with E-state index in [0.29, 0.717) is 60.6 Å². The zero-order chi connectivity index (χ0) is 25.2.